The fraction of sp³-hybridized carbons (Fsp3) is 0.381. The monoisotopic (exact) mass is 445 g/mol. The molecule has 0 aliphatic carbocycles. The van der Waals surface area contributed by atoms with E-state index in [9.17, 15) is 18.0 Å². The van der Waals surface area contributed by atoms with Crippen LogP contribution < -0.4 is 20.4 Å². The molecule has 32 heavy (non-hydrogen) atoms. The van der Waals surface area contributed by atoms with Gasteiger partial charge in [-0.2, -0.15) is 13.2 Å². The molecule has 0 atom stereocenters. The number of aromatic nitrogens is 3. The number of nitrogens with zero attached hydrogens (tertiary/aromatic N) is 5. The van der Waals surface area contributed by atoms with Crippen LogP contribution >= 0.6 is 0 Å². The number of piperazine rings is 1. The summed E-state index contributed by atoms with van der Waals surface area (Å²) in [6.07, 6.45) is 0.643. The summed E-state index contributed by atoms with van der Waals surface area (Å²) in [7, 11) is 0. The van der Waals surface area contributed by atoms with Gasteiger partial charge in [-0.3, -0.25) is 4.90 Å². The highest BCUT2D eigenvalue weighted by Crippen LogP contribution is 2.36. The van der Waals surface area contributed by atoms with Crippen LogP contribution in [0.3, 0.4) is 0 Å². The number of alkyl halides is 3. The third-order valence-electron chi connectivity index (χ3n) is 5.78. The van der Waals surface area contributed by atoms with E-state index in [4.69, 9.17) is 0 Å². The number of fused-ring (bicyclic) bond motifs is 2. The molecule has 3 aromatic rings. The Labute approximate surface area is 182 Å². The normalized spacial score (nSPS) is 16.5. The summed E-state index contributed by atoms with van der Waals surface area (Å²) < 4.78 is 42.0. The molecule has 0 saturated carbocycles. The Balaban J connectivity index is 1.43. The molecule has 0 radical (unpaired) electrons. The van der Waals surface area contributed by atoms with Crippen molar-refractivity contribution >= 4 is 28.9 Å². The van der Waals surface area contributed by atoms with Gasteiger partial charge in [0.05, 0.1) is 11.4 Å². The van der Waals surface area contributed by atoms with Crippen molar-refractivity contribution in [3.8, 4) is 0 Å². The number of imidazole rings is 1. The van der Waals surface area contributed by atoms with Crippen molar-refractivity contribution in [2.75, 3.05) is 47.8 Å². The molecule has 3 aromatic heterocycles. The molecular formula is C21H22F3N7O. The van der Waals surface area contributed by atoms with E-state index in [1.807, 2.05) is 6.07 Å². The fourth-order valence-electron chi connectivity index (χ4n) is 4.36. The molecule has 1 saturated heterocycles. The maximum absolute atomic E-state index is 13.6. The van der Waals surface area contributed by atoms with Gasteiger partial charge in [0.1, 0.15) is 17.0 Å². The number of rotatable bonds is 2. The second-order valence-corrected chi connectivity index (χ2v) is 7.95. The fourth-order valence-corrected chi connectivity index (χ4v) is 4.36. The molecule has 8 nitrogen and oxygen atoms in total. The van der Waals surface area contributed by atoms with E-state index >= 15 is 0 Å². The van der Waals surface area contributed by atoms with Gasteiger partial charge in [0.15, 0.2) is 0 Å². The molecule has 2 N–H and O–H groups in total. The number of nitrogens with one attached hydrogen (secondary N) is 2. The lowest BCUT2D eigenvalue weighted by molar-refractivity contribution is -0.136. The van der Waals surface area contributed by atoms with Crippen LogP contribution in [-0.4, -0.2) is 53.1 Å². The van der Waals surface area contributed by atoms with Gasteiger partial charge in [-0.15, -0.1) is 0 Å². The first-order valence-corrected chi connectivity index (χ1v) is 10.4. The zero-order valence-electron chi connectivity index (χ0n) is 17.4. The first-order valence-electron chi connectivity index (χ1n) is 10.4. The molecule has 168 valence electrons. The molecular weight excluding hydrogens is 423 g/mol. The third kappa shape index (κ3) is 3.62. The van der Waals surface area contributed by atoms with Gasteiger partial charge in [-0.05, 0) is 25.5 Å². The number of urea groups is 1. The van der Waals surface area contributed by atoms with Gasteiger partial charge >= 0.3 is 12.2 Å². The lowest BCUT2D eigenvalue weighted by Gasteiger charge is -2.31. The van der Waals surface area contributed by atoms with Crippen molar-refractivity contribution in [2.45, 2.75) is 19.5 Å². The predicted octanol–water partition coefficient (Wildman–Crippen LogP) is 3.06. The average molecular weight is 445 g/mol. The maximum atomic E-state index is 13.6. The number of halogens is 3. The Morgan fingerprint density at radius 1 is 1.19 bits per heavy atom. The molecule has 5 rings (SSSR count). The minimum atomic E-state index is -4.60. The topological polar surface area (TPSA) is 77.8 Å². The summed E-state index contributed by atoms with van der Waals surface area (Å²) >= 11 is 0. The first-order chi connectivity index (χ1) is 15.3. The van der Waals surface area contributed by atoms with E-state index in [-0.39, 0.29) is 11.3 Å². The SMILES string of the molecule is Cc1cn2cc(NC(=O)N3CCc4c(N5CCNCC5)ccnc43)cc(C(F)(F)F)c2n1. The Kier molecular flexibility index (Phi) is 4.92. The van der Waals surface area contributed by atoms with Gasteiger partial charge in [0.25, 0.3) is 0 Å². The lowest BCUT2D eigenvalue weighted by atomic mass is 10.1. The van der Waals surface area contributed by atoms with Crippen LogP contribution in [0.25, 0.3) is 5.65 Å². The number of carbonyl (C=O) groups excluding carboxylic acids is 1. The van der Waals surface area contributed by atoms with E-state index in [1.54, 1.807) is 13.1 Å². The number of carbonyl (C=O) groups is 1. The summed E-state index contributed by atoms with van der Waals surface area (Å²) in [6, 6.07) is 2.36. The van der Waals surface area contributed by atoms with Crippen molar-refractivity contribution in [3.05, 3.63) is 47.5 Å². The summed E-state index contributed by atoms with van der Waals surface area (Å²) in [5, 5.41) is 5.93. The molecule has 2 aliphatic rings. The van der Waals surface area contributed by atoms with Crippen molar-refractivity contribution in [1.29, 1.82) is 0 Å². The first kappa shape index (κ1) is 20.6. The molecule has 11 heteroatoms. The number of anilines is 3. The van der Waals surface area contributed by atoms with Gasteiger partial charge in [-0.1, -0.05) is 0 Å². The lowest BCUT2D eigenvalue weighted by Crippen LogP contribution is -2.43. The number of hydrogen-bond donors (Lipinski definition) is 2. The van der Waals surface area contributed by atoms with E-state index in [1.165, 1.54) is 21.7 Å². The number of pyridine rings is 2. The van der Waals surface area contributed by atoms with Crippen molar-refractivity contribution in [1.82, 2.24) is 19.7 Å². The van der Waals surface area contributed by atoms with Crippen LogP contribution in [0, 0.1) is 6.92 Å². The molecule has 2 amide bonds. The summed E-state index contributed by atoms with van der Waals surface area (Å²) in [4.78, 5) is 25.1. The number of amides is 2. The molecule has 1 fully saturated rings. The Hall–Kier alpha value is -3.34. The van der Waals surface area contributed by atoms with E-state index in [2.05, 4.69) is 25.5 Å². The van der Waals surface area contributed by atoms with E-state index in [0.717, 1.165) is 43.5 Å². The van der Waals surface area contributed by atoms with Crippen LogP contribution in [0.2, 0.25) is 0 Å². The molecule has 0 unspecified atom stereocenters. The minimum absolute atomic E-state index is 0.0407. The van der Waals surface area contributed by atoms with Gasteiger partial charge < -0.3 is 19.9 Å². The maximum Gasteiger partial charge on any atom is 0.420 e. The zero-order chi connectivity index (χ0) is 22.5. The zero-order valence-corrected chi connectivity index (χ0v) is 17.4. The Morgan fingerprint density at radius 3 is 2.72 bits per heavy atom. The Morgan fingerprint density at radius 2 is 1.97 bits per heavy atom. The van der Waals surface area contributed by atoms with Crippen molar-refractivity contribution in [2.24, 2.45) is 0 Å². The highest BCUT2D eigenvalue weighted by Gasteiger charge is 2.35. The van der Waals surface area contributed by atoms with Crippen LogP contribution in [0.1, 0.15) is 16.8 Å². The smallest absolute Gasteiger partial charge is 0.369 e. The third-order valence-corrected chi connectivity index (χ3v) is 5.78. The summed E-state index contributed by atoms with van der Waals surface area (Å²) in [5.74, 6) is 0.550. The molecule has 0 bridgehead atoms. The van der Waals surface area contributed by atoms with Crippen LogP contribution in [-0.2, 0) is 12.6 Å². The van der Waals surface area contributed by atoms with E-state index in [0.29, 0.717) is 24.5 Å². The largest absolute Gasteiger partial charge is 0.420 e. The predicted molar refractivity (Wildman–Crippen MR) is 114 cm³/mol. The average Bonchev–Trinajstić information content (AvgIpc) is 3.35. The number of hydrogen-bond acceptors (Lipinski definition) is 5. The standard InChI is InChI=1S/C21H22F3N7O/c1-13-11-30-12-14(10-16(19(30)27-13)21(22,23)24)28-20(32)31-7-3-15-17(2-4-26-18(15)31)29-8-5-25-6-9-29/h2,4,10-12,25H,3,5-9H2,1H3,(H,28,32). The second kappa shape index (κ2) is 7.66. The Bertz CT molecular complexity index is 1180. The van der Waals surface area contributed by atoms with Gasteiger partial charge in [0, 0.05) is 62.6 Å². The van der Waals surface area contributed by atoms with E-state index < -0.39 is 17.8 Å². The second-order valence-electron chi connectivity index (χ2n) is 7.95. The molecule has 0 aromatic carbocycles. The van der Waals surface area contributed by atoms with Crippen LogP contribution in [0.4, 0.5) is 35.2 Å². The highest BCUT2D eigenvalue weighted by atomic mass is 19.4. The van der Waals surface area contributed by atoms with Crippen molar-refractivity contribution < 1.29 is 18.0 Å². The van der Waals surface area contributed by atoms with Crippen molar-refractivity contribution in [3.63, 3.8) is 0 Å². The van der Waals surface area contributed by atoms with Gasteiger partial charge in [0.2, 0.25) is 0 Å². The molecule has 5 heterocycles. The minimum Gasteiger partial charge on any atom is -0.369 e. The highest BCUT2D eigenvalue weighted by molar-refractivity contribution is 6.03. The number of aryl methyl sites for hydroxylation is 1. The quantitative estimate of drug-likeness (QED) is 0.634. The summed E-state index contributed by atoms with van der Waals surface area (Å²) in [5.41, 5.74) is 1.45. The summed E-state index contributed by atoms with van der Waals surface area (Å²) in [6.45, 7) is 5.54. The van der Waals surface area contributed by atoms with Crippen LogP contribution in [0.5, 0.6) is 0 Å². The van der Waals surface area contributed by atoms with Gasteiger partial charge in [-0.25, -0.2) is 14.8 Å². The molecule has 2 aliphatic heterocycles. The molecule has 0 spiro atoms. The van der Waals surface area contributed by atoms with Crippen LogP contribution in [0.15, 0.2) is 30.7 Å².